The number of halogens is 1. The lowest BCUT2D eigenvalue weighted by atomic mass is 10.2. The smallest absolute Gasteiger partial charge is 0.279 e. The summed E-state index contributed by atoms with van der Waals surface area (Å²) in [5.41, 5.74) is -0.176. The maximum absolute atomic E-state index is 12.6. The van der Waals surface area contributed by atoms with Crippen molar-refractivity contribution in [3.63, 3.8) is 0 Å². The molecule has 1 amide bonds. The van der Waals surface area contributed by atoms with Crippen LogP contribution in [-0.4, -0.2) is 30.2 Å². The summed E-state index contributed by atoms with van der Waals surface area (Å²) in [7, 11) is 2.73. The van der Waals surface area contributed by atoms with Crippen molar-refractivity contribution < 1.29 is 24.3 Å². The molecule has 0 unspecified atom stereocenters. The fourth-order valence-corrected chi connectivity index (χ4v) is 2.38. The van der Waals surface area contributed by atoms with Crippen molar-refractivity contribution >= 4 is 34.6 Å². The van der Waals surface area contributed by atoms with Gasteiger partial charge < -0.3 is 19.9 Å². The lowest BCUT2D eigenvalue weighted by Gasteiger charge is -2.11. The van der Waals surface area contributed by atoms with Crippen molar-refractivity contribution in [3.05, 3.63) is 63.0 Å². The van der Waals surface area contributed by atoms with E-state index in [0.717, 1.165) is 0 Å². The molecule has 0 radical (unpaired) electrons. The van der Waals surface area contributed by atoms with Crippen molar-refractivity contribution in [1.29, 1.82) is 0 Å². The van der Waals surface area contributed by atoms with Gasteiger partial charge in [-0.25, -0.2) is 0 Å². The van der Waals surface area contributed by atoms with Gasteiger partial charge in [0.2, 0.25) is 0 Å². The Balaban J connectivity index is 2.32. The van der Waals surface area contributed by atoms with Gasteiger partial charge in [0, 0.05) is 11.1 Å². The van der Waals surface area contributed by atoms with Gasteiger partial charge in [-0.05, 0) is 31.2 Å². The van der Waals surface area contributed by atoms with Gasteiger partial charge in [-0.1, -0.05) is 11.6 Å². The highest BCUT2D eigenvalue weighted by molar-refractivity contribution is 6.31. The molecule has 2 aromatic carbocycles. The molecule has 0 spiro atoms. The van der Waals surface area contributed by atoms with Crippen LogP contribution in [0.1, 0.15) is 6.92 Å². The monoisotopic (exact) mass is 420 g/mol. The predicted molar refractivity (Wildman–Crippen MR) is 106 cm³/mol. The molecular formula is C18H17ClN4O6. The van der Waals surface area contributed by atoms with Crippen LogP contribution in [-0.2, 0) is 4.79 Å². The number of rotatable bonds is 7. The summed E-state index contributed by atoms with van der Waals surface area (Å²) in [6.07, 6.45) is 0. The zero-order valence-electron chi connectivity index (χ0n) is 15.7. The number of nitro groups is 1. The molecule has 2 N–H and O–H groups in total. The fourth-order valence-electron chi connectivity index (χ4n) is 2.21. The van der Waals surface area contributed by atoms with Gasteiger partial charge in [0.05, 0.1) is 30.9 Å². The molecule has 0 bridgehead atoms. The average molecular weight is 421 g/mol. The molecule has 0 saturated carbocycles. The summed E-state index contributed by atoms with van der Waals surface area (Å²) < 4.78 is 10.2. The molecule has 10 nitrogen and oxygen atoms in total. The zero-order valence-corrected chi connectivity index (χ0v) is 16.4. The van der Waals surface area contributed by atoms with Crippen LogP contribution >= 0.6 is 11.6 Å². The van der Waals surface area contributed by atoms with Gasteiger partial charge in [0.25, 0.3) is 11.6 Å². The highest BCUT2D eigenvalue weighted by Gasteiger charge is 2.17. The van der Waals surface area contributed by atoms with Gasteiger partial charge >= 0.3 is 0 Å². The Morgan fingerprint density at radius 3 is 2.45 bits per heavy atom. The Labute approximate surface area is 170 Å². The molecule has 0 aromatic heterocycles. The predicted octanol–water partition coefficient (Wildman–Crippen LogP) is 4.78. The van der Waals surface area contributed by atoms with E-state index < -0.39 is 16.6 Å². The van der Waals surface area contributed by atoms with E-state index in [1.54, 1.807) is 12.1 Å². The summed E-state index contributed by atoms with van der Waals surface area (Å²) in [5, 5.41) is 31.2. The first-order valence-electron chi connectivity index (χ1n) is 8.05. The van der Waals surface area contributed by atoms with Crippen LogP contribution in [0.5, 0.6) is 11.5 Å². The average Bonchev–Trinajstić information content (AvgIpc) is 2.68. The Kier molecular flexibility index (Phi) is 7.10. The van der Waals surface area contributed by atoms with E-state index in [9.17, 15) is 20.0 Å². The maximum atomic E-state index is 12.6. The first-order chi connectivity index (χ1) is 13.8. The summed E-state index contributed by atoms with van der Waals surface area (Å²) in [6, 6.07) is 8.31. The molecule has 2 aromatic rings. The number of aliphatic hydroxyl groups excluding tert-OH is 1. The lowest BCUT2D eigenvalue weighted by Crippen LogP contribution is -2.15. The van der Waals surface area contributed by atoms with Crippen LogP contribution in [0.15, 0.2) is 58.1 Å². The topological polar surface area (TPSA) is 136 Å². The third-order valence-corrected chi connectivity index (χ3v) is 3.83. The lowest BCUT2D eigenvalue weighted by molar-refractivity contribution is -0.384. The SMILES string of the molecule is COc1cc([N+](=O)[O-])ccc1N=N/C(C(=O)Nc1cc(Cl)ccc1OC)=C(\C)O. The number of ether oxygens (including phenoxy) is 2. The number of azo groups is 1. The van der Waals surface area contributed by atoms with E-state index >= 15 is 0 Å². The fraction of sp³-hybridized carbons (Fsp3) is 0.167. The second-order valence-corrected chi connectivity index (χ2v) is 5.98. The molecule has 11 heteroatoms. The minimum absolute atomic E-state index is 0.0785. The van der Waals surface area contributed by atoms with Crippen molar-refractivity contribution in [2.45, 2.75) is 6.92 Å². The van der Waals surface area contributed by atoms with E-state index in [0.29, 0.717) is 10.8 Å². The summed E-state index contributed by atoms with van der Waals surface area (Å²) in [5.74, 6) is -0.732. The largest absolute Gasteiger partial charge is 0.510 e. The number of hydrogen-bond donors (Lipinski definition) is 2. The molecule has 0 saturated heterocycles. The van der Waals surface area contributed by atoms with Gasteiger partial charge in [0.1, 0.15) is 17.2 Å². The molecule has 2 rings (SSSR count). The number of amides is 1. The maximum Gasteiger partial charge on any atom is 0.279 e. The van der Waals surface area contributed by atoms with Gasteiger partial charge in [-0.2, -0.15) is 0 Å². The number of benzene rings is 2. The number of hydrogen-bond acceptors (Lipinski definition) is 8. The third-order valence-electron chi connectivity index (χ3n) is 3.60. The van der Waals surface area contributed by atoms with Crippen LogP contribution in [0.4, 0.5) is 17.1 Å². The second-order valence-electron chi connectivity index (χ2n) is 5.55. The van der Waals surface area contributed by atoms with E-state index in [1.165, 1.54) is 45.4 Å². The number of anilines is 1. The molecule has 0 fully saturated rings. The summed E-state index contributed by atoms with van der Waals surface area (Å²) in [4.78, 5) is 22.8. The van der Waals surface area contributed by atoms with Gasteiger partial charge in [0.15, 0.2) is 11.4 Å². The molecule has 0 aliphatic rings. The Hall–Kier alpha value is -3.66. The molecule has 29 heavy (non-hydrogen) atoms. The van der Waals surface area contributed by atoms with Crippen LogP contribution in [0.3, 0.4) is 0 Å². The minimum atomic E-state index is -0.768. The van der Waals surface area contributed by atoms with Gasteiger partial charge in [-0.15, -0.1) is 10.2 Å². The number of non-ortho nitro benzene ring substituents is 1. The molecule has 0 atom stereocenters. The van der Waals surface area contributed by atoms with E-state index in [-0.39, 0.29) is 28.5 Å². The van der Waals surface area contributed by atoms with Crippen molar-refractivity contribution in [2.24, 2.45) is 10.2 Å². The standard InChI is InChI=1S/C18H17ClN4O6/c1-10(24)17(18(25)20-14-8-11(19)4-7-15(14)28-2)22-21-13-6-5-12(23(26)27)9-16(13)29-3/h4-9,24H,1-3H3,(H,20,25)/b17-10+,22-21?. The Morgan fingerprint density at radius 2 is 1.86 bits per heavy atom. The Bertz CT molecular complexity index is 1000. The molecule has 0 aliphatic heterocycles. The number of nitrogens with one attached hydrogen (secondary N) is 1. The first-order valence-corrected chi connectivity index (χ1v) is 8.43. The van der Waals surface area contributed by atoms with Crippen molar-refractivity contribution in [2.75, 3.05) is 19.5 Å². The van der Waals surface area contributed by atoms with Crippen LogP contribution in [0.25, 0.3) is 0 Å². The minimum Gasteiger partial charge on any atom is -0.510 e. The van der Waals surface area contributed by atoms with Crippen molar-refractivity contribution in [3.8, 4) is 11.5 Å². The molecular weight excluding hydrogens is 404 g/mol. The highest BCUT2D eigenvalue weighted by atomic mass is 35.5. The molecule has 0 heterocycles. The van der Waals surface area contributed by atoms with E-state index in [2.05, 4.69) is 15.5 Å². The second kappa shape index (κ2) is 9.51. The summed E-state index contributed by atoms with van der Waals surface area (Å²) in [6.45, 7) is 1.26. The number of methoxy groups -OCH3 is 2. The van der Waals surface area contributed by atoms with Crippen molar-refractivity contribution in [1.82, 2.24) is 0 Å². The number of carbonyl (C=O) groups is 1. The van der Waals surface area contributed by atoms with Crippen LogP contribution in [0.2, 0.25) is 5.02 Å². The third kappa shape index (κ3) is 5.42. The van der Waals surface area contributed by atoms with E-state index in [1.807, 2.05) is 0 Å². The highest BCUT2D eigenvalue weighted by Crippen LogP contribution is 2.32. The zero-order chi connectivity index (χ0) is 21.6. The van der Waals surface area contributed by atoms with Crippen LogP contribution in [0, 0.1) is 10.1 Å². The van der Waals surface area contributed by atoms with Crippen LogP contribution < -0.4 is 14.8 Å². The number of nitrogens with zero attached hydrogens (tertiary/aromatic N) is 3. The Morgan fingerprint density at radius 1 is 1.17 bits per heavy atom. The normalized spacial score (nSPS) is 11.7. The number of carbonyl (C=O) groups excluding carboxylic acids is 1. The molecule has 0 aliphatic carbocycles. The first kappa shape index (κ1) is 21.6. The molecule has 152 valence electrons. The quantitative estimate of drug-likeness (QED) is 0.217. The number of nitro benzene ring substituents is 1. The van der Waals surface area contributed by atoms with Gasteiger partial charge in [-0.3, -0.25) is 14.9 Å². The summed E-state index contributed by atoms with van der Waals surface area (Å²) >= 11 is 5.94. The number of allylic oxidation sites excluding steroid dienone is 1. The van der Waals surface area contributed by atoms with E-state index in [4.69, 9.17) is 21.1 Å². The number of aliphatic hydroxyl groups is 1.